The van der Waals surface area contributed by atoms with Crippen LogP contribution in [0.1, 0.15) is 25.5 Å². The Morgan fingerprint density at radius 3 is 2.55 bits per heavy atom. The summed E-state index contributed by atoms with van der Waals surface area (Å²) in [6, 6.07) is 6.97. The molecule has 1 saturated heterocycles. The zero-order valence-electron chi connectivity index (χ0n) is 11.3. The molecular weight excluding hydrogens is 306 g/mol. The van der Waals surface area contributed by atoms with Crippen molar-refractivity contribution in [2.45, 2.75) is 32.0 Å². The van der Waals surface area contributed by atoms with Crippen LogP contribution in [-0.2, 0) is 24.0 Å². The molecule has 1 heterocycles. The van der Waals surface area contributed by atoms with Crippen LogP contribution in [0.2, 0.25) is 5.02 Å². The Balaban J connectivity index is 2.32. The Hall–Kier alpha value is -0.700. The van der Waals surface area contributed by atoms with Crippen molar-refractivity contribution in [2.24, 2.45) is 0 Å². The third-order valence-corrected chi connectivity index (χ3v) is 4.03. The van der Waals surface area contributed by atoms with Crippen LogP contribution in [0.5, 0.6) is 0 Å². The maximum absolute atomic E-state index is 11.5. The molecule has 0 aromatic heterocycles. The van der Waals surface area contributed by atoms with Gasteiger partial charge in [-0.05, 0) is 19.9 Å². The summed E-state index contributed by atoms with van der Waals surface area (Å²) in [4.78, 5) is 0. The van der Waals surface area contributed by atoms with Crippen molar-refractivity contribution in [1.29, 1.82) is 0 Å². The van der Waals surface area contributed by atoms with E-state index in [1.807, 2.05) is 0 Å². The van der Waals surface area contributed by atoms with Crippen molar-refractivity contribution < 1.29 is 22.1 Å². The van der Waals surface area contributed by atoms with Gasteiger partial charge in [0.25, 0.3) is 0 Å². The normalized spacial score (nSPS) is 25.8. The minimum Gasteiger partial charge on any atom is -0.337 e. The van der Waals surface area contributed by atoms with E-state index in [9.17, 15) is 8.42 Å². The van der Waals surface area contributed by atoms with Crippen LogP contribution in [0.25, 0.3) is 0 Å². The van der Waals surface area contributed by atoms with Crippen LogP contribution >= 0.6 is 11.6 Å². The third-order valence-electron chi connectivity index (χ3n) is 2.74. The van der Waals surface area contributed by atoms with Gasteiger partial charge in [0.15, 0.2) is 5.79 Å². The molecule has 2 atom stereocenters. The molecule has 20 heavy (non-hydrogen) atoms. The Labute approximate surface area is 123 Å². The fraction of sp³-hybridized carbons (Fsp3) is 0.500. The Morgan fingerprint density at radius 1 is 1.30 bits per heavy atom. The molecule has 1 fully saturated rings. The molecule has 112 valence electrons. The summed E-state index contributed by atoms with van der Waals surface area (Å²) < 4.78 is 41.3. The number of nitrogens with one attached hydrogen (secondary N) is 1. The third kappa shape index (κ3) is 3.49. The molecule has 1 N–H and O–H groups in total. The molecule has 1 aliphatic heterocycles. The Bertz CT molecular complexity index is 589. The highest BCUT2D eigenvalue weighted by Crippen LogP contribution is 2.41. The van der Waals surface area contributed by atoms with E-state index in [1.54, 1.807) is 38.1 Å². The number of halogens is 1. The van der Waals surface area contributed by atoms with Crippen molar-refractivity contribution in [2.75, 3.05) is 7.05 Å². The summed E-state index contributed by atoms with van der Waals surface area (Å²) in [6.07, 6.45) is -1.84. The molecule has 1 aromatic rings. The standard InChI is InChI=1S/C12H16ClNO5S/c1-12(2)17-10(8-6-4-5-7-9(8)13)11(18-12)19-20(15,16)14-3/h4-7,10-11,14H,1-3H3. The largest absolute Gasteiger partial charge is 0.338 e. The second kappa shape index (κ2) is 5.59. The number of ether oxygens (including phenoxy) is 2. The summed E-state index contributed by atoms with van der Waals surface area (Å²) in [5.74, 6) is -0.974. The van der Waals surface area contributed by atoms with Crippen LogP contribution in [-0.4, -0.2) is 27.5 Å². The van der Waals surface area contributed by atoms with Gasteiger partial charge in [0.05, 0.1) is 0 Å². The maximum Gasteiger partial charge on any atom is 0.338 e. The Morgan fingerprint density at radius 2 is 1.95 bits per heavy atom. The second-order valence-electron chi connectivity index (χ2n) is 4.70. The van der Waals surface area contributed by atoms with E-state index in [4.69, 9.17) is 25.3 Å². The average Bonchev–Trinajstić information content (AvgIpc) is 2.64. The van der Waals surface area contributed by atoms with Gasteiger partial charge in [-0.15, -0.1) is 0 Å². The van der Waals surface area contributed by atoms with E-state index in [2.05, 4.69) is 4.72 Å². The molecule has 2 rings (SSSR count). The highest BCUT2D eigenvalue weighted by molar-refractivity contribution is 7.84. The summed E-state index contributed by atoms with van der Waals surface area (Å²) in [5, 5.41) is 0.453. The summed E-state index contributed by atoms with van der Waals surface area (Å²) in [6.45, 7) is 3.35. The molecule has 0 spiro atoms. The first-order chi connectivity index (χ1) is 9.24. The molecule has 1 aromatic carbocycles. The van der Waals surface area contributed by atoms with Crippen molar-refractivity contribution in [3.05, 3.63) is 34.9 Å². The van der Waals surface area contributed by atoms with Gasteiger partial charge in [-0.2, -0.15) is 13.1 Å². The molecular formula is C12H16ClNO5S. The van der Waals surface area contributed by atoms with Crippen molar-refractivity contribution in [1.82, 2.24) is 4.72 Å². The van der Waals surface area contributed by atoms with Gasteiger partial charge in [-0.25, -0.2) is 4.18 Å². The lowest BCUT2D eigenvalue weighted by Gasteiger charge is -2.17. The zero-order chi connectivity index (χ0) is 15.0. The maximum atomic E-state index is 11.5. The van der Waals surface area contributed by atoms with Crippen molar-refractivity contribution in [3.8, 4) is 0 Å². The predicted molar refractivity (Wildman–Crippen MR) is 73.3 cm³/mol. The van der Waals surface area contributed by atoms with Gasteiger partial charge < -0.3 is 9.47 Å². The fourth-order valence-electron chi connectivity index (χ4n) is 1.89. The van der Waals surface area contributed by atoms with Crippen molar-refractivity contribution >= 4 is 21.9 Å². The molecule has 0 radical (unpaired) electrons. The predicted octanol–water partition coefficient (Wildman–Crippen LogP) is 1.97. The lowest BCUT2D eigenvalue weighted by molar-refractivity contribution is -0.167. The highest BCUT2D eigenvalue weighted by atomic mass is 35.5. The summed E-state index contributed by atoms with van der Waals surface area (Å²) in [7, 11) is -2.65. The van der Waals surface area contributed by atoms with E-state index in [0.717, 1.165) is 0 Å². The van der Waals surface area contributed by atoms with Crippen LogP contribution in [0.15, 0.2) is 24.3 Å². The number of hydrogen-bond donors (Lipinski definition) is 1. The van der Waals surface area contributed by atoms with E-state index < -0.39 is 28.5 Å². The van der Waals surface area contributed by atoms with Gasteiger partial charge >= 0.3 is 10.3 Å². The van der Waals surface area contributed by atoms with Gasteiger partial charge in [-0.1, -0.05) is 29.8 Å². The quantitative estimate of drug-likeness (QED) is 0.917. The zero-order valence-corrected chi connectivity index (χ0v) is 12.9. The van der Waals surface area contributed by atoms with E-state index in [-0.39, 0.29) is 0 Å². The number of rotatable bonds is 4. The minimum atomic E-state index is -3.90. The van der Waals surface area contributed by atoms with Crippen LogP contribution in [0.4, 0.5) is 0 Å². The SMILES string of the molecule is CNS(=O)(=O)OC1OC(C)(C)OC1c1ccccc1Cl. The lowest BCUT2D eigenvalue weighted by Crippen LogP contribution is -2.31. The van der Waals surface area contributed by atoms with Gasteiger partial charge in [-0.3, -0.25) is 0 Å². The summed E-state index contributed by atoms with van der Waals surface area (Å²) in [5.41, 5.74) is 0.607. The number of benzene rings is 1. The molecule has 6 nitrogen and oxygen atoms in total. The Kier molecular flexibility index (Phi) is 4.38. The molecule has 0 aliphatic carbocycles. The van der Waals surface area contributed by atoms with Crippen molar-refractivity contribution in [3.63, 3.8) is 0 Å². The molecule has 0 saturated carbocycles. The fourth-order valence-corrected chi connectivity index (χ4v) is 2.62. The van der Waals surface area contributed by atoms with E-state index in [1.165, 1.54) is 7.05 Å². The van der Waals surface area contributed by atoms with Gasteiger partial charge in [0.1, 0.15) is 6.10 Å². The highest BCUT2D eigenvalue weighted by Gasteiger charge is 2.45. The first-order valence-electron chi connectivity index (χ1n) is 5.96. The van der Waals surface area contributed by atoms with Crippen LogP contribution in [0, 0.1) is 0 Å². The molecule has 8 heteroatoms. The molecule has 0 amide bonds. The smallest absolute Gasteiger partial charge is 0.337 e. The summed E-state index contributed by atoms with van der Waals surface area (Å²) >= 11 is 6.11. The first kappa shape index (κ1) is 15.7. The monoisotopic (exact) mass is 321 g/mol. The average molecular weight is 322 g/mol. The first-order valence-corrected chi connectivity index (χ1v) is 7.74. The molecule has 0 bridgehead atoms. The molecule has 2 unspecified atom stereocenters. The number of hydrogen-bond acceptors (Lipinski definition) is 5. The van der Waals surface area contributed by atoms with Crippen LogP contribution in [0.3, 0.4) is 0 Å². The molecule has 1 aliphatic rings. The van der Waals surface area contributed by atoms with Crippen LogP contribution < -0.4 is 4.72 Å². The lowest BCUT2D eigenvalue weighted by atomic mass is 10.1. The van der Waals surface area contributed by atoms with Gasteiger partial charge in [0.2, 0.25) is 6.29 Å². The topological polar surface area (TPSA) is 73.9 Å². The van der Waals surface area contributed by atoms with E-state index in [0.29, 0.717) is 10.6 Å². The second-order valence-corrected chi connectivity index (χ2v) is 6.62. The van der Waals surface area contributed by atoms with E-state index >= 15 is 0 Å². The van der Waals surface area contributed by atoms with Gasteiger partial charge in [0, 0.05) is 17.6 Å². The minimum absolute atomic E-state index is 0.453.